The van der Waals surface area contributed by atoms with Crippen molar-refractivity contribution in [2.75, 3.05) is 0 Å². The van der Waals surface area contributed by atoms with Gasteiger partial charge in [-0.2, -0.15) is 0 Å². The van der Waals surface area contributed by atoms with Crippen molar-refractivity contribution in [3.63, 3.8) is 0 Å². The molecule has 0 amide bonds. The number of carbonyl (C=O) groups is 1. The first-order valence-electron chi connectivity index (χ1n) is 4.79. The van der Waals surface area contributed by atoms with E-state index in [1.54, 1.807) is 0 Å². The van der Waals surface area contributed by atoms with Crippen molar-refractivity contribution >= 4 is 6.29 Å². The summed E-state index contributed by atoms with van der Waals surface area (Å²) in [6.45, 7) is 5.90. The smallest absolute Gasteiger partial charge is 0.126 e. The van der Waals surface area contributed by atoms with Crippen molar-refractivity contribution in [3.05, 3.63) is 12.2 Å². The molecule has 0 heterocycles. The summed E-state index contributed by atoms with van der Waals surface area (Å²) >= 11 is 0. The molecule has 1 rings (SSSR count). The minimum atomic E-state index is -0.0376. The molecule has 1 saturated carbocycles. The molecule has 0 saturated heterocycles. The Kier molecular flexibility index (Phi) is 3.07. The Balaban J connectivity index is 2.59. The van der Waals surface area contributed by atoms with Gasteiger partial charge in [0.25, 0.3) is 0 Å². The van der Waals surface area contributed by atoms with E-state index in [0.29, 0.717) is 0 Å². The van der Waals surface area contributed by atoms with Crippen LogP contribution in [0.1, 0.15) is 45.4 Å². The largest absolute Gasteiger partial charge is 0.303 e. The molecule has 0 radical (unpaired) electrons. The fourth-order valence-corrected chi connectivity index (χ4v) is 2.19. The van der Waals surface area contributed by atoms with Crippen LogP contribution in [0.2, 0.25) is 0 Å². The van der Waals surface area contributed by atoms with Crippen LogP contribution < -0.4 is 0 Å². The quantitative estimate of drug-likeness (QED) is 0.465. The molecule has 0 aromatic heterocycles. The summed E-state index contributed by atoms with van der Waals surface area (Å²) in [5.41, 5.74) is 1.10. The zero-order chi connectivity index (χ0) is 9.03. The summed E-state index contributed by atoms with van der Waals surface area (Å²) in [6.07, 6.45) is 7.94. The topological polar surface area (TPSA) is 17.1 Å². The predicted molar refractivity (Wildman–Crippen MR) is 51.0 cm³/mol. The number of allylic oxidation sites excluding steroid dienone is 1. The highest BCUT2D eigenvalue weighted by molar-refractivity contribution is 5.60. The first-order chi connectivity index (χ1) is 5.68. The predicted octanol–water partition coefficient (Wildman–Crippen LogP) is 3.10. The highest BCUT2D eigenvalue weighted by Gasteiger charge is 2.31. The Labute approximate surface area is 74.9 Å². The molecule has 0 aliphatic heterocycles. The molecule has 1 fully saturated rings. The first kappa shape index (κ1) is 9.50. The highest BCUT2D eigenvalue weighted by Crippen LogP contribution is 2.39. The van der Waals surface area contributed by atoms with Crippen molar-refractivity contribution < 1.29 is 4.79 Å². The van der Waals surface area contributed by atoms with Crippen LogP contribution in [0.4, 0.5) is 0 Å². The van der Waals surface area contributed by atoms with Crippen LogP contribution in [0, 0.1) is 5.41 Å². The maximum atomic E-state index is 11.0. The van der Waals surface area contributed by atoms with Gasteiger partial charge in [0.2, 0.25) is 0 Å². The van der Waals surface area contributed by atoms with E-state index in [0.717, 1.165) is 24.8 Å². The molecular formula is C11H18O. The summed E-state index contributed by atoms with van der Waals surface area (Å²) in [7, 11) is 0. The molecule has 0 spiro atoms. The number of carbonyl (C=O) groups excluding carboxylic acids is 1. The lowest BCUT2D eigenvalue weighted by molar-refractivity contribution is -0.117. The minimum absolute atomic E-state index is 0.0376. The molecule has 0 aromatic rings. The van der Waals surface area contributed by atoms with Gasteiger partial charge in [-0.1, -0.05) is 24.8 Å². The number of aldehydes is 1. The zero-order valence-corrected chi connectivity index (χ0v) is 7.94. The summed E-state index contributed by atoms with van der Waals surface area (Å²) in [5, 5.41) is 0. The Bertz CT molecular complexity index is 175. The Morgan fingerprint density at radius 3 is 2.42 bits per heavy atom. The fraction of sp³-hybridized carbons (Fsp3) is 0.727. The summed E-state index contributed by atoms with van der Waals surface area (Å²) in [6, 6.07) is 0. The number of hydrogen-bond donors (Lipinski definition) is 0. The molecular weight excluding hydrogens is 148 g/mol. The third kappa shape index (κ3) is 2.20. The average Bonchev–Trinajstić information content (AvgIpc) is 2.05. The molecule has 1 heteroatoms. The molecule has 0 bridgehead atoms. The Hall–Kier alpha value is -0.590. The Morgan fingerprint density at radius 2 is 2.00 bits per heavy atom. The van der Waals surface area contributed by atoms with Gasteiger partial charge in [0.1, 0.15) is 6.29 Å². The van der Waals surface area contributed by atoms with Crippen LogP contribution in [0.3, 0.4) is 0 Å². The maximum absolute atomic E-state index is 11.0. The molecule has 0 N–H and O–H groups in total. The van der Waals surface area contributed by atoms with Gasteiger partial charge in [0, 0.05) is 5.41 Å². The third-order valence-electron chi connectivity index (χ3n) is 2.75. The van der Waals surface area contributed by atoms with E-state index in [1.165, 1.54) is 25.5 Å². The number of rotatable bonds is 3. The van der Waals surface area contributed by atoms with Crippen molar-refractivity contribution in [2.45, 2.75) is 45.4 Å². The van der Waals surface area contributed by atoms with Crippen molar-refractivity contribution in [3.8, 4) is 0 Å². The molecule has 1 aliphatic rings. The molecule has 0 atom stereocenters. The summed E-state index contributed by atoms with van der Waals surface area (Å²) in [4.78, 5) is 11.0. The average molecular weight is 166 g/mol. The third-order valence-corrected chi connectivity index (χ3v) is 2.75. The highest BCUT2D eigenvalue weighted by atomic mass is 16.1. The van der Waals surface area contributed by atoms with Gasteiger partial charge in [-0.15, -0.1) is 6.58 Å². The molecule has 12 heavy (non-hydrogen) atoms. The number of hydrogen-bond acceptors (Lipinski definition) is 1. The van der Waals surface area contributed by atoms with E-state index < -0.39 is 0 Å². The van der Waals surface area contributed by atoms with Crippen molar-refractivity contribution in [1.29, 1.82) is 0 Å². The van der Waals surface area contributed by atoms with E-state index in [4.69, 9.17) is 0 Å². The van der Waals surface area contributed by atoms with Gasteiger partial charge in [-0.25, -0.2) is 0 Å². The van der Waals surface area contributed by atoms with Gasteiger partial charge in [-0.3, -0.25) is 0 Å². The van der Waals surface area contributed by atoms with Gasteiger partial charge in [0.05, 0.1) is 0 Å². The van der Waals surface area contributed by atoms with Crippen molar-refractivity contribution in [2.24, 2.45) is 5.41 Å². The van der Waals surface area contributed by atoms with E-state index in [2.05, 4.69) is 6.58 Å². The van der Waals surface area contributed by atoms with E-state index in [9.17, 15) is 4.79 Å². The van der Waals surface area contributed by atoms with Crippen LogP contribution in [-0.2, 0) is 4.79 Å². The second-order valence-corrected chi connectivity index (χ2v) is 4.17. The lowest BCUT2D eigenvalue weighted by atomic mass is 9.72. The van der Waals surface area contributed by atoms with E-state index >= 15 is 0 Å². The maximum Gasteiger partial charge on any atom is 0.126 e. The second-order valence-electron chi connectivity index (χ2n) is 4.17. The summed E-state index contributed by atoms with van der Waals surface area (Å²) < 4.78 is 0. The molecule has 0 unspecified atom stereocenters. The lowest BCUT2D eigenvalue weighted by Gasteiger charge is -2.32. The molecule has 0 aromatic carbocycles. The molecule has 1 nitrogen and oxygen atoms in total. The van der Waals surface area contributed by atoms with E-state index in [-0.39, 0.29) is 5.41 Å². The lowest BCUT2D eigenvalue weighted by Crippen LogP contribution is -2.25. The molecule has 68 valence electrons. The standard InChI is InChI=1S/C11H18O/c1-10(2)8-11(9-12)6-4-3-5-7-11/h9H,1,3-8H2,2H3. The van der Waals surface area contributed by atoms with Crippen molar-refractivity contribution in [1.82, 2.24) is 0 Å². The minimum Gasteiger partial charge on any atom is -0.303 e. The Morgan fingerprint density at radius 1 is 1.42 bits per heavy atom. The zero-order valence-electron chi connectivity index (χ0n) is 7.94. The van der Waals surface area contributed by atoms with Crippen LogP contribution in [0.15, 0.2) is 12.2 Å². The van der Waals surface area contributed by atoms with Gasteiger partial charge >= 0.3 is 0 Å². The second kappa shape index (κ2) is 3.88. The van der Waals surface area contributed by atoms with Crippen LogP contribution in [0.5, 0.6) is 0 Å². The fourth-order valence-electron chi connectivity index (χ4n) is 2.19. The van der Waals surface area contributed by atoms with Gasteiger partial charge in [0.15, 0.2) is 0 Å². The SMILES string of the molecule is C=C(C)CC1(C=O)CCCCC1. The monoisotopic (exact) mass is 166 g/mol. The van der Waals surface area contributed by atoms with Gasteiger partial charge in [-0.05, 0) is 26.2 Å². The van der Waals surface area contributed by atoms with Crippen LogP contribution in [-0.4, -0.2) is 6.29 Å². The van der Waals surface area contributed by atoms with Crippen LogP contribution >= 0.6 is 0 Å². The normalized spacial score (nSPS) is 21.8. The first-order valence-corrected chi connectivity index (χ1v) is 4.79. The summed E-state index contributed by atoms with van der Waals surface area (Å²) in [5.74, 6) is 0. The van der Waals surface area contributed by atoms with Crippen LogP contribution in [0.25, 0.3) is 0 Å². The molecule has 1 aliphatic carbocycles. The van der Waals surface area contributed by atoms with E-state index in [1.807, 2.05) is 6.92 Å². The van der Waals surface area contributed by atoms with Gasteiger partial charge < -0.3 is 4.79 Å².